The SMILES string of the molecule is Fc1c(F)c(F)c2o[c]cc2c1F. The lowest BCUT2D eigenvalue weighted by atomic mass is 10.2. The summed E-state index contributed by atoms with van der Waals surface area (Å²) < 4.78 is 55.0. The molecule has 0 aliphatic heterocycles. The normalized spacial score (nSPS) is 11.1. The first kappa shape index (κ1) is 8.10. The molecular formula is C8HF4O. The molecule has 1 heterocycles. The molecule has 2 rings (SSSR count). The third-order valence-corrected chi connectivity index (χ3v) is 1.62. The molecule has 0 N–H and O–H groups in total. The number of furan rings is 1. The van der Waals surface area contributed by atoms with Crippen LogP contribution in [0.4, 0.5) is 17.6 Å². The van der Waals surface area contributed by atoms with E-state index in [-0.39, 0.29) is 0 Å². The van der Waals surface area contributed by atoms with Crippen LogP contribution in [0.1, 0.15) is 0 Å². The Morgan fingerprint density at radius 3 is 2.23 bits per heavy atom. The maximum Gasteiger partial charge on any atom is 0.205 e. The molecule has 1 nitrogen and oxygen atoms in total. The molecule has 0 amide bonds. The molecule has 2 aromatic rings. The predicted octanol–water partition coefficient (Wildman–Crippen LogP) is 2.79. The topological polar surface area (TPSA) is 13.1 Å². The molecule has 1 radical (unpaired) electrons. The van der Waals surface area contributed by atoms with Crippen molar-refractivity contribution in [2.24, 2.45) is 0 Å². The summed E-state index contributed by atoms with van der Waals surface area (Å²) in [6, 6.07) is 0.899. The lowest BCUT2D eigenvalue weighted by molar-refractivity contribution is 0.410. The molecule has 0 atom stereocenters. The van der Waals surface area contributed by atoms with Gasteiger partial charge < -0.3 is 4.42 Å². The molecule has 0 fully saturated rings. The minimum absolute atomic E-state index is 0.462. The van der Waals surface area contributed by atoms with E-state index in [1.807, 2.05) is 6.26 Å². The van der Waals surface area contributed by atoms with Crippen molar-refractivity contribution < 1.29 is 22.0 Å². The molecule has 5 heteroatoms. The van der Waals surface area contributed by atoms with Gasteiger partial charge in [-0.3, -0.25) is 0 Å². The van der Waals surface area contributed by atoms with Crippen molar-refractivity contribution in [2.75, 3.05) is 0 Å². The second-order valence-corrected chi connectivity index (χ2v) is 2.36. The lowest BCUT2D eigenvalue weighted by Crippen LogP contribution is -1.95. The first-order valence-corrected chi connectivity index (χ1v) is 3.24. The number of hydrogen-bond donors (Lipinski definition) is 0. The van der Waals surface area contributed by atoms with Gasteiger partial charge in [0.15, 0.2) is 23.5 Å². The van der Waals surface area contributed by atoms with Crippen LogP contribution in [0, 0.1) is 29.5 Å². The van der Waals surface area contributed by atoms with Crippen molar-refractivity contribution in [1.82, 2.24) is 0 Å². The molecule has 13 heavy (non-hydrogen) atoms. The van der Waals surface area contributed by atoms with Gasteiger partial charge in [0.25, 0.3) is 0 Å². The van der Waals surface area contributed by atoms with Gasteiger partial charge in [0, 0.05) is 0 Å². The van der Waals surface area contributed by atoms with Crippen molar-refractivity contribution in [3.63, 3.8) is 0 Å². The highest BCUT2D eigenvalue weighted by Crippen LogP contribution is 2.26. The summed E-state index contributed by atoms with van der Waals surface area (Å²) in [5, 5.41) is -0.462. The number of rotatable bonds is 0. The van der Waals surface area contributed by atoms with Gasteiger partial charge in [-0.25, -0.2) is 13.2 Å². The summed E-state index contributed by atoms with van der Waals surface area (Å²) in [4.78, 5) is 0. The zero-order valence-electron chi connectivity index (χ0n) is 6.00. The number of benzene rings is 1. The molecule has 1 aromatic carbocycles. The van der Waals surface area contributed by atoms with Crippen molar-refractivity contribution in [3.05, 3.63) is 35.6 Å². The van der Waals surface area contributed by atoms with E-state index in [1.54, 1.807) is 0 Å². The molecule has 1 aromatic heterocycles. The molecule has 67 valence electrons. The molecule has 0 aliphatic carbocycles. The van der Waals surface area contributed by atoms with E-state index >= 15 is 0 Å². The highest BCUT2D eigenvalue weighted by molar-refractivity contribution is 5.78. The van der Waals surface area contributed by atoms with Crippen LogP contribution >= 0.6 is 0 Å². The van der Waals surface area contributed by atoms with Crippen molar-refractivity contribution in [1.29, 1.82) is 0 Å². The second-order valence-electron chi connectivity index (χ2n) is 2.36. The average Bonchev–Trinajstić information content (AvgIpc) is 2.59. The molecule has 0 spiro atoms. The summed E-state index contributed by atoms with van der Waals surface area (Å²) in [5.74, 6) is -6.75. The Balaban J connectivity index is 3.02. The molecular weight excluding hydrogens is 188 g/mol. The van der Waals surface area contributed by atoms with Crippen LogP contribution in [0.2, 0.25) is 0 Å². The van der Waals surface area contributed by atoms with Crippen LogP contribution in [0.5, 0.6) is 0 Å². The fraction of sp³-hybridized carbons (Fsp3) is 0. The van der Waals surface area contributed by atoms with Crippen LogP contribution in [0.15, 0.2) is 10.5 Å². The van der Waals surface area contributed by atoms with E-state index in [0.29, 0.717) is 0 Å². The van der Waals surface area contributed by atoms with Crippen molar-refractivity contribution >= 4 is 11.0 Å². The Hall–Kier alpha value is -1.52. The third kappa shape index (κ3) is 0.929. The van der Waals surface area contributed by atoms with E-state index in [0.717, 1.165) is 6.07 Å². The quantitative estimate of drug-likeness (QED) is 0.353. The standard InChI is InChI=1S/C8HF4O/c9-4-3-1-2-13-8(3)7(12)6(11)5(4)10/h1H. The van der Waals surface area contributed by atoms with Gasteiger partial charge in [-0.05, 0) is 6.07 Å². The molecule has 0 unspecified atom stereocenters. The van der Waals surface area contributed by atoms with Gasteiger partial charge in [-0.2, -0.15) is 4.39 Å². The minimum Gasteiger partial charge on any atom is -0.449 e. The summed E-state index contributed by atoms with van der Waals surface area (Å²) in [6.45, 7) is 0. The summed E-state index contributed by atoms with van der Waals surface area (Å²) in [7, 11) is 0. The smallest absolute Gasteiger partial charge is 0.205 e. The first-order valence-electron chi connectivity index (χ1n) is 3.24. The molecule has 0 aliphatic rings. The van der Waals surface area contributed by atoms with E-state index in [9.17, 15) is 17.6 Å². The number of hydrogen-bond acceptors (Lipinski definition) is 1. The highest BCUT2D eigenvalue weighted by Gasteiger charge is 2.22. The van der Waals surface area contributed by atoms with Gasteiger partial charge in [-0.1, -0.05) is 0 Å². The van der Waals surface area contributed by atoms with Gasteiger partial charge in [0.05, 0.1) is 5.39 Å². The van der Waals surface area contributed by atoms with Gasteiger partial charge in [0.1, 0.15) is 0 Å². The van der Waals surface area contributed by atoms with Crippen molar-refractivity contribution in [3.8, 4) is 0 Å². The largest absolute Gasteiger partial charge is 0.449 e. The maximum atomic E-state index is 12.8. The molecule has 0 bridgehead atoms. The summed E-state index contributed by atoms with van der Waals surface area (Å²) >= 11 is 0. The van der Waals surface area contributed by atoms with Crippen LogP contribution in [-0.2, 0) is 0 Å². The van der Waals surface area contributed by atoms with Crippen LogP contribution in [-0.4, -0.2) is 0 Å². The van der Waals surface area contributed by atoms with E-state index in [1.165, 1.54) is 0 Å². The maximum absolute atomic E-state index is 12.8. The fourth-order valence-electron chi connectivity index (χ4n) is 1.00. The van der Waals surface area contributed by atoms with E-state index in [2.05, 4.69) is 4.42 Å². The summed E-state index contributed by atoms with van der Waals surface area (Å²) in [5.41, 5.74) is -0.670. The molecule has 0 saturated carbocycles. The Labute approximate surface area is 69.6 Å². The Morgan fingerprint density at radius 1 is 0.923 bits per heavy atom. The van der Waals surface area contributed by atoms with Gasteiger partial charge in [0.2, 0.25) is 11.6 Å². The Bertz CT molecular complexity index is 432. The lowest BCUT2D eigenvalue weighted by Gasteiger charge is -1.97. The van der Waals surface area contributed by atoms with Crippen molar-refractivity contribution in [2.45, 2.75) is 0 Å². The number of fused-ring (bicyclic) bond motifs is 1. The average molecular weight is 189 g/mol. The zero-order chi connectivity index (χ0) is 9.59. The predicted molar refractivity (Wildman–Crippen MR) is 34.9 cm³/mol. The van der Waals surface area contributed by atoms with E-state index in [4.69, 9.17) is 0 Å². The fourth-order valence-corrected chi connectivity index (χ4v) is 1.00. The summed E-state index contributed by atoms with van der Waals surface area (Å²) in [6.07, 6.45) is 1.99. The zero-order valence-corrected chi connectivity index (χ0v) is 6.00. The molecule has 0 saturated heterocycles. The van der Waals surface area contributed by atoms with E-state index < -0.39 is 34.2 Å². The second kappa shape index (κ2) is 2.48. The minimum atomic E-state index is -1.88. The Morgan fingerprint density at radius 2 is 1.54 bits per heavy atom. The van der Waals surface area contributed by atoms with Gasteiger partial charge >= 0.3 is 0 Å². The van der Waals surface area contributed by atoms with Gasteiger partial charge in [-0.15, -0.1) is 0 Å². The monoisotopic (exact) mass is 189 g/mol. The van der Waals surface area contributed by atoms with Crippen LogP contribution in [0.25, 0.3) is 11.0 Å². The van der Waals surface area contributed by atoms with Crippen LogP contribution < -0.4 is 0 Å². The van der Waals surface area contributed by atoms with Crippen LogP contribution in [0.3, 0.4) is 0 Å². The highest BCUT2D eigenvalue weighted by atomic mass is 19.2. The first-order chi connectivity index (χ1) is 6.13. The Kier molecular flexibility index (Phi) is 1.55. The third-order valence-electron chi connectivity index (χ3n) is 1.62. The number of halogens is 4.